The average molecular weight is 305 g/mol. The van der Waals surface area contributed by atoms with Crippen molar-refractivity contribution in [1.82, 2.24) is 4.90 Å². The minimum atomic E-state index is -0.0409. The molecule has 1 amide bonds. The number of rotatable bonds is 5. The Morgan fingerprint density at radius 2 is 1.91 bits per heavy atom. The fourth-order valence-corrected chi connectivity index (χ4v) is 2.79. The smallest absolute Gasteiger partial charge is 0.223 e. The molecule has 5 nitrogen and oxygen atoms in total. The fraction of sp³-hybridized carbons (Fsp3) is 0.529. The monoisotopic (exact) mass is 305 g/mol. The molecule has 1 aromatic carbocycles. The van der Waals surface area contributed by atoms with Gasteiger partial charge < -0.3 is 14.4 Å². The Morgan fingerprint density at radius 3 is 2.55 bits per heavy atom. The van der Waals surface area contributed by atoms with Gasteiger partial charge in [0.05, 0.1) is 32.4 Å². The van der Waals surface area contributed by atoms with Crippen molar-refractivity contribution >= 4 is 11.7 Å². The van der Waals surface area contributed by atoms with Gasteiger partial charge in [0.15, 0.2) is 5.78 Å². The van der Waals surface area contributed by atoms with Gasteiger partial charge in [-0.15, -0.1) is 0 Å². The molecule has 0 saturated carbocycles. The highest BCUT2D eigenvalue weighted by molar-refractivity contribution is 5.98. The van der Waals surface area contributed by atoms with Crippen LogP contribution in [0.5, 0.6) is 5.75 Å². The molecular weight excluding hydrogens is 282 g/mol. The summed E-state index contributed by atoms with van der Waals surface area (Å²) < 4.78 is 10.5. The highest BCUT2D eigenvalue weighted by Gasteiger charge is 2.29. The molecule has 120 valence electrons. The number of Topliss-reactive ketones (excluding diaryl/α,β-unsaturated/α-hetero) is 1. The number of carbonyl (C=O) groups excluding carboxylic acids is 2. The molecular formula is C17H23NO4. The summed E-state index contributed by atoms with van der Waals surface area (Å²) in [5.74, 6) is 0.618. The zero-order valence-electron chi connectivity index (χ0n) is 13.4. The number of morpholine rings is 1. The van der Waals surface area contributed by atoms with Crippen LogP contribution in [0.2, 0.25) is 0 Å². The number of ether oxygens (including phenoxy) is 2. The van der Waals surface area contributed by atoms with Crippen LogP contribution in [0.15, 0.2) is 24.3 Å². The van der Waals surface area contributed by atoms with E-state index in [1.807, 2.05) is 18.7 Å². The molecule has 2 rings (SSSR count). The second-order valence-electron chi connectivity index (χ2n) is 5.69. The van der Waals surface area contributed by atoms with Crippen LogP contribution in [0.25, 0.3) is 0 Å². The van der Waals surface area contributed by atoms with E-state index in [0.29, 0.717) is 24.5 Å². The zero-order valence-corrected chi connectivity index (χ0v) is 13.4. The van der Waals surface area contributed by atoms with Gasteiger partial charge in [0.2, 0.25) is 5.91 Å². The van der Waals surface area contributed by atoms with Crippen LogP contribution in [0.4, 0.5) is 0 Å². The largest absolute Gasteiger partial charge is 0.497 e. The Hall–Kier alpha value is -1.88. The molecule has 0 bridgehead atoms. The molecule has 0 radical (unpaired) electrons. The molecule has 5 heteroatoms. The van der Waals surface area contributed by atoms with Crippen molar-refractivity contribution < 1.29 is 19.1 Å². The predicted molar refractivity (Wildman–Crippen MR) is 83.1 cm³/mol. The predicted octanol–water partition coefficient (Wildman–Crippen LogP) is 2.29. The third-order valence-corrected chi connectivity index (χ3v) is 3.91. The van der Waals surface area contributed by atoms with Crippen LogP contribution in [0.3, 0.4) is 0 Å². The lowest BCUT2D eigenvalue weighted by molar-refractivity contribution is -0.144. The summed E-state index contributed by atoms with van der Waals surface area (Å²) in [4.78, 5) is 26.4. The second-order valence-corrected chi connectivity index (χ2v) is 5.69. The van der Waals surface area contributed by atoms with Gasteiger partial charge >= 0.3 is 0 Å². The van der Waals surface area contributed by atoms with E-state index in [2.05, 4.69) is 0 Å². The summed E-state index contributed by atoms with van der Waals surface area (Å²) >= 11 is 0. The lowest BCUT2D eigenvalue weighted by Crippen LogP contribution is -2.52. The first-order valence-electron chi connectivity index (χ1n) is 7.59. The Labute approximate surface area is 131 Å². The first kappa shape index (κ1) is 16.5. The maximum absolute atomic E-state index is 12.4. The van der Waals surface area contributed by atoms with E-state index in [1.165, 1.54) is 0 Å². The average Bonchev–Trinajstić information content (AvgIpc) is 2.52. The number of amides is 1. The van der Waals surface area contributed by atoms with Crippen LogP contribution in [0, 0.1) is 0 Å². The summed E-state index contributed by atoms with van der Waals surface area (Å²) in [6.07, 6.45) is 0.438. The van der Waals surface area contributed by atoms with Crippen molar-refractivity contribution in [3.05, 3.63) is 29.8 Å². The van der Waals surface area contributed by atoms with Crippen molar-refractivity contribution in [2.75, 3.05) is 20.3 Å². The Balaban J connectivity index is 1.93. The topological polar surface area (TPSA) is 55.8 Å². The first-order chi connectivity index (χ1) is 10.5. The van der Waals surface area contributed by atoms with Gasteiger partial charge in [-0.25, -0.2) is 0 Å². The summed E-state index contributed by atoms with van der Waals surface area (Å²) in [5, 5.41) is 0. The molecule has 0 N–H and O–H groups in total. The van der Waals surface area contributed by atoms with Crippen LogP contribution in [-0.4, -0.2) is 49.0 Å². The molecule has 1 heterocycles. The Bertz CT molecular complexity index is 533. The van der Waals surface area contributed by atoms with E-state index in [4.69, 9.17) is 9.47 Å². The van der Waals surface area contributed by atoms with Gasteiger partial charge in [-0.3, -0.25) is 9.59 Å². The van der Waals surface area contributed by atoms with Crippen LogP contribution < -0.4 is 4.74 Å². The maximum Gasteiger partial charge on any atom is 0.223 e. The van der Waals surface area contributed by atoms with E-state index >= 15 is 0 Å². The SMILES string of the molecule is COc1cccc(C(=O)CCC(=O)N2C(C)COCC2C)c1. The number of hydrogen-bond donors (Lipinski definition) is 0. The van der Waals surface area contributed by atoms with Crippen LogP contribution in [0.1, 0.15) is 37.0 Å². The molecule has 2 unspecified atom stereocenters. The summed E-state index contributed by atoms with van der Waals surface area (Å²) in [6.45, 7) is 5.05. The van der Waals surface area contributed by atoms with Crippen LogP contribution in [-0.2, 0) is 9.53 Å². The van der Waals surface area contributed by atoms with E-state index in [-0.39, 0.29) is 36.6 Å². The molecule has 1 aliphatic heterocycles. The van der Waals surface area contributed by atoms with Crippen molar-refractivity contribution in [3.63, 3.8) is 0 Å². The van der Waals surface area contributed by atoms with Crippen molar-refractivity contribution in [1.29, 1.82) is 0 Å². The maximum atomic E-state index is 12.4. The molecule has 1 aliphatic rings. The zero-order chi connectivity index (χ0) is 16.1. The van der Waals surface area contributed by atoms with Crippen molar-refractivity contribution in [3.8, 4) is 5.75 Å². The number of ketones is 1. The summed E-state index contributed by atoms with van der Waals surface area (Å²) in [5.41, 5.74) is 0.579. The van der Waals surface area contributed by atoms with Crippen molar-refractivity contribution in [2.45, 2.75) is 38.8 Å². The molecule has 1 aromatic rings. The fourth-order valence-electron chi connectivity index (χ4n) is 2.79. The number of benzene rings is 1. The standard InChI is InChI=1S/C17H23NO4/c1-12-10-22-11-13(2)18(12)17(20)8-7-16(19)14-5-4-6-15(9-14)21-3/h4-6,9,12-13H,7-8,10-11H2,1-3H3. The van der Waals surface area contributed by atoms with E-state index in [9.17, 15) is 9.59 Å². The van der Waals surface area contributed by atoms with E-state index in [0.717, 1.165) is 0 Å². The molecule has 0 spiro atoms. The molecule has 2 atom stereocenters. The highest BCUT2D eigenvalue weighted by Crippen LogP contribution is 2.18. The molecule has 1 fully saturated rings. The lowest BCUT2D eigenvalue weighted by atomic mass is 10.0. The van der Waals surface area contributed by atoms with Gasteiger partial charge in [-0.2, -0.15) is 0 Å². The number of methoxy groups -OCH3 is 1. The summed E-state index contributed by atoms with van der Waals surface area (Å²) in [7, 11) is 1.56. The second kappa shape index (κ2) is 7.40. The number of nitrogens with zero attached hydrogens (tertiary/aromatic N) is 1. The quantitative estimate of drug-likeness (QED) is 0.783. The number of carbonyl (C=O) groups is 2. The van der Waals surface area contributed by atoms with Crippen molar-refractivity contribution in [2.24, 2.45) is 0 Å². The van der Waals surface area contributed by atoms with Gasteiger partial charge in [0, 0.05) is 18.4 Å². The van der Waals surface area contributed by atoms with Gasteiger partial charge in [0.25, 0.3) is 0 Å². The van der Waals surface area contributed by atoms with E-state index in [1.54, 1.807) is 31.4 Å². The lowest BCUT2D eigenvalue weighted by Gasteiger charge is -2.38. The van der Waals surface area contributed by atoms with E-state index < -0.39 is 0 Å². The number of hydrogen-bond acceptors (Lipinski definition) is 4. The highest BCUT2D eigenvalue weighted by atomic mass is 16.5. The van der Waals surface area contributed by atoms with Crippen LogP contribution >= 0.6 is 0 Å². The molecule has 22 heavy (non-hydrogen) atoms. The van der Waals surface area contributed by atoms with Gasteiger partial charge in [-0.05, 0) is 26.0 Å². The first-order valence-corrected chi connectivity index (χ1v) is 7.59. The third-order valence-electron chi connectivity index (χ3n) is 3.91. The molecule has 1 saturated heterocycles. The minimum Gasteiger partial charge on any atom is -0.497 e. The summed E-state index contributed by atoms with van der Waals surface area (Å²) in [6, 6.07) is 7.13. The molecule has 0 aromatic heterocycles. The normalized spacial score (nSPS) is 21.5. The Kier molecular flexibility index (Phi) is 5.55. The minimum absolute atomic E-state index is 0.0135. The molecule has 0 aliphatic carbocycles. The van der Waals surface area contributed by atoms with Gasteiger partial charge in [0.1, 0.15) is 5.75 Å². The third kappa shape index (κ3) is 3.85. The van der Waals surface area contributed by atoms with Gasteiger partial charge in [-0.1, -0.05) is 12.1 Å². The Morgan fingerprint density at radius 1 is 1.23 bits per heavy atom.